The SMILES string of the molecule is Cc1cc(CCCOCCO)no1. The van der Waals surface area contributed by atoms with Crippen LogP contribution in [0, 0.1) is 6.92 Å². The lowest BCUT2D eigenvalue weighted by Crippen LogP contribution is -2.01. The lowest BCUT2D eigenvalue weighted by atomic mass is 10.2. The smallest absolute Gasteiger partial charge is 0.133 e. The predicted molar refractivity (Wildman–Crippen MR) is 47.5 cm³/mol. The van der Waals surface area contributed by atoms with E-state index in [1.807, 2.05) is 13.0 Å². The van der Waals surface area contributed by atoms with Crippen molar-refractivity contribution in [1.82, 2.24) is 5.16 Å². The summed E-state index contributed by atoms with van der Waals surface area (Å²) in [5.74, 6) is 0.839. The average molecular weight is 185 g/mol. The van der Waals surface area contributed by atoms with E-state index >= 15 is 0 Å². The number of hydrogen-bond acceptors (Lipinski definition) is 4. The molecule has 13 heavy (non-hydrogen) atoms. The van der Waals surface area contributed by atoms with Crippen LogP contribution in [-0.4, -0.2) is 30.1 Å². The highest BCUT2D eigenvalue weighted by atomic mass is 16.5. The van der Waals surface area contributed by atoms with E-state index in [1.165, 1.54) is 0 Å². The van der Waals surface area contributed by atoms with Crippen molar-refractivity contribution in [3.63, 3.8) is 0 Å². The summed E-state index contributed by atoms with van der Waals surface area (Å²) in [6, 6.07) is 1.92. The fourth-order valence-corrected chi connectivity index (χ4v) is 1.06. The van der Waals surface area contributed by atoms with Crippen LogP contribution in [0.15, 0.2) is 10.6 Å². The van der Waals surface area contributed by atoms with E-state index in [1.54, 1.807) is 0 Å². The summed E-state index contributed by atoms with van der Waals surface area (Å²) in [4.78, 5) is 0. The molecule has 74 valence electrons. The highest BCUT2D eigenvalue weighted by Crippen LogP contribution is 2.03. The van der Waals surface area contributed by atoms with Crippen LogP contribution >= 0.6 is 0 Å². The van der Waals surface area contributed by atoms with Crippen molar-refractivity contribution in [2.24, 2.45) is 0 Å². The lowest BCUT2D eigenvalue weighted by Gasteiger charge is -1.99. The van der Waals surface area contributed by atoms with E-state index in [9.17, 15) is 0 Å². The lowest BCUT2D eigenvalue weighted by molar-refractivity contribution is 0.0907. The van der Waals surface area contributed by atoms with Gasteiger partial charge in [0.15, 0.2) is 0 Å². The molecule has 0 aliphatic rings. The monoisotopic (exact) mass is 185 g/mol. The second-order valence-corrected chi connectivity index (χ2v) is 2.87. The van der Waals surface area contributed by atoms with Gasteiger partial charge in [-0.15, -0.1) is 0 Å². The molecule has 0 spiro atoms. The van der Waals surface area contributed by atoms with E-state index in [0.29, 0.717) is 13.2 Å². The van der Waals surface area contributed by atoms with Crippen molar-refractivity contribution in [2.75, 3.05) is 19.8 Å². The molecule has 0 aliphatic carbocycles. The molecule has 4 nitrogen and oxygen atoms in total. The summed E-state index contributed by atoms with van der Waals surface area (Å²) >= 11 is 0. The van der Waals surface area contributed by atoms with Gasteiger partial charge in [0, 0.05) is 12.7 Å². The van der Waals surface area contributed by atoms with Crippen LogP contribution in [0.1, 0.15) is 17.9 Å². The Morgan fingerprint density at radius 3 is 3.00 bits per heavy atom. The van der Waals surface area contributed by atoms with Gasteiger partial charge < -0.3 is 14.4 Å². The van der Waals surface area contributed by atoms with Crippen molar-refractivity contribution >= 4 is 0 Å². The Balaban J connectivity index is 2.06. The topological polar surface area (TPSA) is 55.5 Å². The number of hydrogen-bond donors (Lipinski definition) is 1. The summed E-state index contributed by atoms with van der Waals surface area (Å²) in [5, 5.41) is 12.3. The first-order valence-electron chi connectivity index (χ1n) is 4.43. The fourth-order valence-electron chi connectivity index (χ4n) is 1.06. The van der Waals surface area contributed by atoms with Gasteiger partial charge in [-0.2, -0.15) is 0 Å². The van der Waals surface area contributed by atoms with Crippen molar-refractivity contribution in [3.05, 3.63) is 17.5 Å². The average Bonchev–Trinajstić information content (AvgIpc) is 2.51. The summed E-state index contributed by atoms with van der Waals surface area (Å²) < 4.78 is 10.0. The highest BCUT2D eigenvalue weighted by molar-refractivity contribution is 5.03. The maximum atomic E-state index is 8.43. The zero-order valence-corrected chi connectivity index (χ0v) is 7.82. The van der Waals surface area contributed by atoms with Gasteiger partial charge in [-0.05, 0) is 19.8 Å². The van der Waals surface area contributed by atoms with Gasteiger partial charge in [0.25, 0.3) is 0 Å². The van der Waals surface area contributed by atoms with Gasteiger partial charge in [-0.3, -0.25) is 0 Å². The highest BCUT2D eigenvalue weighted by Gasteiger charge is 1.99. The van der Waals surface area contributed by atoms with Crippen molar-refractivity contribution in [2.45, 2.75) is 19.8 Å². The molecular formula is C9H15NO3. The third-order valence-corrected chi connectivity index (χ3v) is 1.63. The van der Waals surface area contributed by atoms with Crippen molar-refractivity contribution in [3.8, 4) is 0 Å². The van der Waals surface area contributed by atoms with Gasteiger partial charge in [-0.25, -0.2) is 0 Å². The zero-order valence-electron chi connectivity index (χ0n) is 7.82. The Morgan fingerprint density at radius 1 is 1.54 bits per heavy atom. The third kappa shape index (κ3) is 4.05. The number of ether oxygens (including phenoxy) is 1. The van der Waals surface area contributed by atoms with Crippen LogP contribution in [0.2, 0.25) is 0 Å². The Labute approximate surface area is 77.5 Å². The molecule has 0 saturated carbocycles. The fraction of sp³-hybridized carbons (Fsp3) is 0.667. The van der Waals surface area contributed by atoms with Crippen LogP contribution in [0.5, 0.6) is 0 Å². The van der Waals surface area contributed by atoms with Crippen molar-refractivity contribution in [1.29, 1.82) is 0 Å². The molecule has 1 rings (SSSR count). The first-order valence-corrected chi connectivity index (χ1v) is 4.43. The second kappa shape index (κ2) is 5.72. The summed E-state index contributed by atoms with van der Waals surface area (Å²) in [6.07, 6.45) is 1.77. The van der Waals surface area contributed by atoms with E-state index in [4.69, 9.17) is 14.4 Å². The number of rotatable bonds is 6. The molecule has 1 aromatic heterocycles. The standard InChI is InChI=1S/C9H15NO3/c1-8-7-9(10-13-8)3-2-5-12-6-4-11/h7,11H,2-6H2,1H3. The zero-order chi connectivity index (χ0) is 9.52. The summed E-state index contributed by atoms with van der Waals surface area (Å²) in [6.45, 7) is 3.03. The van der Waals surface area contributed by atoms with Crippen LogP contribution in [0.25, 0.3) is 0 Å². The minimum absolute atomic E-state index is 0.0864. The van der Waals surface area contributed by atoms with E-state index in [2.05, 4.69) is 5.16 Å². The van der Waals surface area contributed by atoms with E-state index in [0.717, 1.165) is 24.3 Å². The first kappa shape index (κ1) is 10.2. The van der Waals surface area contributed by atoms with Gasteiger partial charge >= 0.3 is 0 Å². The summed E-state index contributed by atoms with van der Waals surface area (Å²) in [7, 11) is 0. The first-order chi connectivity index (χ1) is 6.33. The summed E-state index contributed by atoms with van der Waals surface area (Å²) in [5.41, 5.74) is 0.963. The normalized spacial score (nSPS) is 10.6. The van der Waals surface area contributed by atoms with Crippen LogP contribution in [0.3, 0.4) is 0 Å². The minimum Gasteiger partial charge on any atom is -0.394 e. The molecule has 0 aromatic carbocycles. The third-order valence-electron chi connectivity index (χ3n) is 1.63. The van der Waals surface area contributed by atoms with Gasteiger partial charge in [0.1, 0.15) is 5.76 Å². The molecule has 0 saturated heterocycles. The number of aromatic nitrogens is 1. The molecule has 1 heterocycles. The van der Waals surface area contributed by atoms with E-state index in [-0.39, 0.29) is 6.61 Å². The largest absolute Gasteiger partial charge is 0.394 e. The van der Waals surface area contributed by atoms with Gasteiger partial charge in [0.2, 0.25) is 0 Å². The molecule has 0 aliphatic heterocycles. The molecule has 0 fully saturated rings. The van der Waals surface area contributed by atoms with Gasteiger partial charge in [-0.1, -0.05) is 5.16 Å². The number of aliphatic hydroxyl groups excluding tert-OH is 1. The van der Waals surface area contributed by atoms with Gasteiger partial charge in [0.05, 0.1) is 18.9 Å². The Morgan fingerprint density at radius 2 is 2.38 bits per heavy atom. The number of aryl methyl sites for hydroxylation is 2. The minimum atomic E-state index is 0.0864. The predicted octanol–water partition coefficient (Wildman–Crippen LogP) is 0.925. The second-order valence-electron chi connectivity index (χ2n) is 2.87. The Hall–Kier alpha value is -0.870. The molecule has 0 amide bonds. The Kier molecular flexibility index (Phi) is 4.49. The van der Waals surface area contributed by atoms with Crippen LogP contribution in [0.4, 0.5) is 0 Å². The molecule has 0 radical (unpaired) electrons. The number of nitrogens with zero attached hydrogens (tertiary/aromatic N) is 1. The van der Waals surface area contributed by atoms with Crippen LogP contribution < -0.4 is 0 Å². The molecule has 0 atom stereocenters. The number of aliphatic hydroxyl groups is 1. The van der Waals surface area contributed by atoms with Crippen molar-refractivity contribution < 1.29 is 14.4 Å². The maximum absolute atomic E-state index is 8.43. The molecule has 0 bridgehead atoms. The Bertz CT molecular complexity index is 235. The maximum Gasteiger partial charge on any atom is 0.133 e. The quantitative estimate of drug-likeness (QED) is 0.670. The molecule has 1 aromatic rings. The van der Waals surface area contributed by atoms with Crippen LogP contribution in [-0.2, 0) is 11.2 Å². The molecular weight excluding hydrogens is 170 g/mol. The molecule has 1 N–H and O–H groups in total. The molecule has 4 heteroatoms. The molecule has 0 unspecified atom stereocenters. The van der Waals surface area contributed by atoms with E-state index < -0.39 is 0 Å².